The quantitative estimate of drug-likeness (QED) is 0.640. The first-order valence-corrected chi connectivity index (χ1v) is 8.13. The van der Waals surface area contributed by atoms with E-state index in [9.17, 15) is 13.6 Å². The monoisotopic (exact) mass is 421 g/mol. The molecule has 2 aromatic heterocycles. The number of aromatic nitrogens is 2. The van der Waals surface area contributed by atoms with Gasteiger partial charge in [-0.1, -0.05) is 23.2 Å². The Balaban J connectivity index is 2.17. The van der Waals surface area contributed by atoms with E-state index in [0.29, 0.717) is 5.56 Å². The Labute approximate surface area is 163 Å². The van der Waals surface area contributed by atoms with Crippen molar-refractivity contribution in [1.29, 1.82) is 0 Å². The van der Waals surface area contributed by atoms with Gasteiger partial charge < -0.3 is 25.8 Å². The van der Waals surface area contributed by atoms with Crippen LogP contribution in [0.2, 0.25) is 10.0 Å². The van der Waals surface area contributed by atoms with E-state index in [-0.39, 0.29) is 27.2 Å². The summed E-state index contributed by atoms with van der Waals surface area (Å²) in [6.07, 6.45) is 1.96. The second kappa shape index (κ2) is 8.98. The molecule has 0 aliphatic carbocycles. The number of pyridine rings is 2. The van der Waals surface area contributed by atoms with Crippen LogP contribution in [0.25, 0.3) is 0 Å². The van der Waals surface area contributed by atoms with Crippen molar-refractivity contribution >= 4 is 46.4 Å². The molecule has 12 heteroatoms. The average molecular weight is 422 g/mol. The molecule has 0 aromatic carbocycles. The smallest absolute Gasteiger partial charge is 0.388 e. The van der Waals surface area contributed by atoms with Gasteiger partial charge in [0.1, 0.15) is 10.8 Å². The molecule has 0 unspecified atom stereocenters. The number of nitrogen functional groups attached to an aromatic ring is 1. The van der Waals surface area contributed by atoms with E-state index in [1.807, 2.05) is 0 Å². The predicted molar refractivity (Wildman–Crippen MR) is 97.6 cm³/mol. The maximum absolute atomic E-state index is 12.2. The summed E-state index contributed by atoms with van der Waals surface area (Å²) in [5, 5.41) is 4.96. The second-order valence-electron chi connectivity index (χ2n) is 5.13. The average Bonchev–Trinajstić information content (AvgIpc) is 2.60. The van der Waals surface area contributed by atoms with Gasteiger partial charge in [-0.2, -0.15) is 8.78 Å². The van der Waals surface area contributed by atoms with E-state index in [0.717, 1.165) is 6.20 Å². The fraction of sp³-hybridized carbons (Fsp3) is 0.267. The van der Waals surface area contributed by atoms with Crippen LogP contribution in [0, 0.1) is 0 Å². The molecule has 4 N–H and O–H groups in total. The van der Waals surface area contributed by atoms with Gasteiger partial charge in [-0.15, -0.1) is 0 Å². The van der Waals surface area contributed by atoms with Gasteiger partial charge in [0.15, 0.2) is 0 Å². The van der Waals surface area contributed by atoms with Crippen LogP contribution in [-0.4, -0.2) is 29.7 Å². The summed E-state index contributed by atoms with van der Waals surface area (Å²) in [7, 11) is 1.47. The SMILES string of the molecule is CO[C@H](C)c1c(NC(=O)Nc2cnc(OC(F)F)c(Cl)c2)cnc(N)c1Cl. The third-order valence-corrected chi connectivity index (χ3v) is 4.03. The molecule has 0 saturated carbocycles. The van der Waals surface area contributed by atoms with Gasteiger partial charge in [-0.25, -0.2) is 14.8 Å². The molecule has 2 heterocycles. The molecule has 2 amide bonds. The van der Waals surface area contributed by atoms with Crippen LogP contribution in [0.3, 0.4) is 0 Å². The number of nitrogens with zero attached hydrogens (tertiary/aromatic N) is 2. The Bertz CT molecular complexity index is 841. The molecule has 2 aromatic rings. The van der Waals surface area contributed by atoms with Crippen molar-refractivity contribution in [3.63, 3.8) is 0 Å². The lowest BCUT2D eigenvalue weighted by atomic mass is 10.1. The Kier molecular flexibility index (Phi) is 6.94. The Morgan fingerprint density at radius 3 is 2.56 bits per heavy atom. The molecule has 0 radical (unpaired) electrons. The largest absolute Gasteiger partial charge is 0.415 e. The lowest BCUT2D eigenvalue weighted by molar-refractivity contribution is -0.0527. The number of nitrogens with two attached hydrogens (primary N) is 1. The number of urea groups is 1. The molecule has 0 spiro atoms. The zero-order chi connectivity index (χ0) is 20.1. The highest BCUT2D eigenvalue weighted by molar-refractivity contribution is 6.34. The van der Waals surface area contributed by atoms with Gasteiger partial charge in [0.2, 0.25) is 5.88 Å². The number of alkyl halides is 2. The third-order valence-electron chi connectivity index (χ3n) is 3.36. The number of carbonyl (C=O) groups excluding carboxylic acids is 1. The minimum absolute atomic E-state index is 0.0899. The Morgan fingerprint density at radius 1 is 1.26 bits per heavy atom. The van der Waals surface area contributed by atoms with Crippen molar-refractivity contribution in [2.24, 2.45) is 0 Å². The molecule has 0 saturated heterocycles. The lowest BCUT2D eigenvalue weighted by Gasteiger charge is -2.18. The zero-order valence-corrected chi connectivity index (χ0v) is 15.6. The summed E-state index contributed by atoms with van der Waals surface area (Å²) in [4.78, 5) is 19.7. The molecular weight excluding hydrogens is 407 g/mol. The predicted octanol–water partition coefficient (Wildman–Crippen LogP) is 4.32. The summed E-state index contributed by atoms with van der Waals surface area (Å²) in [6.45, 7) is -1.35. The third kappa shape index (κ3) is 5.28. The molecule has 0 fully saturated rings. The van der Waals surface area contributed by atoms with E-state index < -0.39 is 24.6 Å². The normalized spacial score (nSPS) is 12.0. The maximum Gasteiger partial charge on any atom is 0.388 e. The molecular formula is C15H15Cl2F2N5O3. The summed E-state index contributed by atoms with van der Waals surface area (Å²) in [6, 6.07) is 0.529. The standard InChI is InChI=1S/C15H15Cl2F2N5O3/c1-6(26-2)10-9(5-21-12(20)11(10)17)24-15(25)23-7-3-8(16)13(22-4-7)27-14(18)19/h3-6,14H,1-2H3,(H2,20,21)(H2,23,24,25)/t6-/m1/s1. The van der Waals surface area contributed by atoms with Crippen molar-refractivity contribution in [2.75, 3.05) is 23.5 Å². The Hall–Kier alpha value is -2.43. The number of hydrogen-bond donors (Lipinski definition) is 3. The van der Waals surface area contributed by atoms with Crippen LogP contribution in [0.5, 0.6) is 5.88 Å². The van der Waals surface area contributed by atoms with Gasteiger partial charge in [-0.05, 0) is 13.0 Å². The minimum Gasteiger partial charge on any atom is -0.415 e. The summed E-state index contributed by atoms with van der Waals surface area (Å²) < 4.78 is 33.8. The van der Waals surface area contributed by atoms with Gasteiger partial charge >= 0.3 is 12.6 Å². The fourth-order valence-corrected chi connectivity index (χ4v) is 2.60. The first kappa shape index (κ1) is 20.9. The first-order chi connectivity index (χ1) is 12.7. The van der Waals surface area contributed by atoms with E-state index in [2.05, 4.69) is 25.3 Å². The van der Waals surface area contributed by atoms with Crippen LogP contribution in [0.1, 0.15) is 18.6 Å². The second-order valence-corrected chi connectivity index (χ2v) is 5.92. The van der Waals surface area contributed by atoms with E-state index >= 15 is 0 Å². The van der Waals surface area contributed by atoms with Crippen molar-refractivity contribution in [2.45, 2.75) is 19.6 Å². The minimum atomic E-state index is -3.07. The van der Waals surface area contributed by atoms with Crippen LogP contribution in [0.15, 0.2) is 18.5 Å². The zero-order valence-electron chi connectivity index (χ0n) is 14.1. The number of nitrogens with one attached hydrogen (secondary N) is 2. The van der Waals surface area contributed by atoms with Crippen molar-refractivity contribution in [3.05, 3.63) is 34.1 Å². The number of hydrogen-bond acceptors (Lipinski definition) is 6. The van der Waals surface area contributed by atoms with Crippen molar-refractivity contribution < 1.29 is 23.0 Å². The number of anilines is 3. The molecule has 8 nitrogen and oxygen atoms in total. The highest BCUT2D eigenvalue weighted by Crippen LogP contribution is 2.34. The topological polar surface area (TPSA) is 111 Å². The summed E-state index contributed by atoms with van der Waals surface area (Å²) >= 11 is 11.9. The molecule has 146 valence electrons. The summed E-state index contributed by atoms with van der Waals surface area (Å²) in [5.41, 5.74) is 6.55. The van der Waals surface area contributed by atoms with Crippen molar-refractivity contribution in [3.8, 4) is 5.88 Å². The highest BCUT2D eigenvalue weighted by Gasteiger charge is 2.19. The molecule has 0 aliphatic heterocycles. The first-order valence-electron chi connectivity index (χ1n) is 7.38. The highest BCUT2D eigenvalue weighted by atomic mass is 35.5. The van der Waals surface area contributed by atoms with Crippen LogP contribution in [0.4, 0.5) is 30.8 Å². The number of halogens is 4. The van der Waals surface area contributed by atoms with Crippen LogP contribution in [-0.2, 0) is 4.74 Å². The number of rotatable bonds is 6. The number of ether oxygens (including phenoxy) is 2. The van der Waals surface area contributed by atoms with Crippen LogP contribution >= 0.6 is 23.2 Å². The summed E-state index contributed by atoms with van der Waals surface area (Å²) in [5.74, 6) is -0.365. The molecule has 0 bridgehead atoms. The number of methoxy groups -OCH3 is 1. The van der Waals surface area contributed by atoms with E-state index in [1.165, 1.54) is 19.4 Å². The Morgan fingerprint density at radius 2 is 1.96 bits per heavy atom. The molecule has 2 rings (SSSR count). The van der Waals surface area contributed by atoms with Gasteiger partial charge in [-0.3, -0.25) is 0 Å². The number of amides is 2. The number of carbonyl (C=O) groups is 1. The van der Waals surface area contributed by atoms with Gasteiger partial charge in [0.05, 0.1) is 34.9 Å². The van der Waals surface area contributed by atoms with E-state index in [1.54, 1.807) is 6.92 Å². The lowest BCUT2D eigenvalue weighted by Crippen LogP contribution is -2.21. The molecule has 27 heavy (non-hydrogen) atoms. The van der Waals surface area contributed by atoms with Gasteiger partial charge in [0.25, 0.3) is 0 Å². The van der Waals surface area contributed by atoms with Crippen molar-refractivity contribution in [1.82, 2.24) is 9.97 Å². The van der Waals surface area contributed by atoms with Crippen LogP contribution < -0.4 is 21.1 Å². The maximum atomic E-state index is 12.2. The fourth-order valence-electron chi connectivity index (χ4n) is 2.08. The van der Waals surface area contributed by atoms with Gasteiger partial charge in [0, 0.05) is 12.7 Å². The molecule has 1 atom stereocenters. The van der Waals surface area contributed by atoms with E-state index in [4.69, 9.17) is 33.7 Å². The molecule has 0 aliphatic rings.